The molecule has 4 rings (SSSR count). The van der Waals surface area contributed by atoms with E-state index < -0.39 is 0 Å². The molecule has 3 aromatic heterocycles. The van der Waals surface area contributed by atoms with Gasteiger partial charge in [-0.2, -0.15) is 5.10 Å². The zero-order valence-corrected chi connectivity index (χ0v) is 16.6. The van der Waals surface area contributed by atoms with Gasteiger partial charge in [-0.3, -0.25) is 14.5 Å². The van der Waals surface area contributed by atoms with Crippen molar-refractivity contribution < 1.29 is 9.53 Å². The van der Waals surface area contributed by atoms with Gasteiger partial charge in [0.05, 0.1) is 35.3 Å². The van der Waals surface area contributed by atoms with E-state index in [1.54, 1.807) is 6.20 Å². The van der Waals surface area contributed by atoms with Crippen LogP contribution in [0.25, 0.3) is 11.1 Å². The molecule has 4 heterocycles. The lowest BCUT2D eigenvalue weighted by atomic mass is 10.1. The van der Waals surface area contributed by atoms with Gasteiger partial charge < -0.3 is 15.0 Å². The molecule has 3 aromatic rings. The van der Waals surface area contributed by atoms with Crippen molar-refractivity contribution in [3.05, 3.63) is 53.4 Å². The van der Waals surface area contributed by atoms with E-state index in [-0.39, 0.29) is 5.91 Å². The van der Waals surface area contributed by atoms with Crippen LogP contribution in [0, 0.1) is 6.92 Å². The summed E-state index contributed by atoms with van der Waals surface area (Å²) in [7, 11) is 0. The van der Waals surface area contributed by atoms with Crippen molar-refractivity contribution in [2.45, 2.75) is 13.5 Å². The minimum atomic E-state index is -0.0569. The highest BCUT2D eigenvalue weighted by Gasteiger charge is 2.22. The molecule has 1 amide bonds. The molecular weight excluding hydrogens is 374 g/mol. The first-order valence-corrected chi connectivity index (χ1v) is 10.2. The average Bonchev–Trinajstić information content (AvgIpc) is 3.36. The molecule has 1 N–H and O–H groups in total. The lowest BCUT2D eigenvalue weighted by Crippen LogP contribution is -2.35. The Morgan fingerprint density at radius 1 is 1.32 bits per heavy atom. The average molecular weight is 398 g/mol. The van der Waals surface area contributed by atoms with Gasteiger partial charge >= 0.3 is 0 Å². The molecule has 7 nitrogen and oxygen atoms in total. The second-order valence-corrected chi connectivity index (χ2v) is 7.68. The first-order chi connectivity index (χ1) is 13.7. The van der Waals surface area contributed by atoms with Gasteiger partial charge in [0.2, 0.25) is 0 Å². The monoisotopic (exact) mass is 397 g/mol. The standard InChI is InChI=1S/C20H23N5O2S/c1-15-4-7-25(23-15)8-6-22-19(26)18-13-17(16-3-2-5-21-14-16)20(28-18)24-9-11-27-12-10-24/h2-5,7,13-14H,6,8-12H2,1H3,(H,22,26). The number of nitrogens with one attached hydrogen (secondary N) is 1. The summed E-state index contributed by atoms with van der Waals surface area (Å²) < 4.78 is 7.32. The second-order valence-electron chi connectivity index (χ2n) is 6.65. The van der Waals surface area contributed by atoms with Crippen LogP contribution in [0.15, 0.2) is 42.9 Å². The summed E-state index contributed by atoms with van der Waals surface area (Å²) in [5.74, 6) is -0.0569. The van der Waals surface area contributed by atoms with Gasteiger partial charge in [0.15, 0.2) is 0 Å². The van der Waals surface area contributed by atoms with E-state index in [0.29, 0.717) is 31.2 Å². The van der Waals surface area contributed by atoms with Crippen molar-refractivity contribution in [3.63, 3.8) is 0 Å². The third-order valence-corrected chi connectivity index (χ3v) is 5.80. The fraction of sp³-hybridized carbons (Fsp3) is 0.350. The topological polar surface area (TPSA) is 72.3 Å². The van der Waals surface area contributed by atoms with E-state index >= 15 is 0 Å². The van der Waals surface area contributed by atoms with Crippen LogP contribution in [0.2, 0.25) is 0 Å². The third-order valence-electron chi connectivity index (χ3n) is 4.61. The van der Waals surface area contributed by atoms with E-state index in [1.165, 1.54) is 11.3 Å². The molecule has 0 aromatic carbocycles. The van der Waals surface area contributed by atoms with Gasteiger partial charge in [0, 0.05) is 49.4 Å². The Hall–Kier alpha value is -2.71. The van der Waals surface area contributed by atoms with Gasteiger partial charge in [-0.1, -0.05) is 6.07 Å². The highest BCUT2D eigenvalue weighted by atomic mass is 32.1. The number of ether oxygens (including phenoxy) is 1. The number of carbonyl (C=O) groups excluding carboxylic acids is 1. The summed E-state index contributed by atoms with van der Waals surface area (Å²) in [6.07, 6.45) is 5.52. The van der Waals surface area contributed by atoms with E-state index in [1.807, 2.05) is 48.3 Å². The van der Waals surface area contributed by atoms with Gasteiger partial charge in [-0.05, 0) is 25.1 Å². The molecule has 0 bridgehead atoms. The highest BCUT2D eigenvalue weighted by Crippen LogP contribution is 2.39. The fourth-order valence-corrected chi connectivity index (χ4v) is 4.33. The molecular formula is C20H23N5O2S. The Labute approximate surface area is 168 Å². The number of morpholine rings is 1. The Morgan fingerprint density at radius 2 is 2.18 bits per heavy atom. The summed E-state index contributed by atoms with van der Waals surface area (Å²) in [6, 6.07) is 7.87. The van der Waals surface area contributed by atoms with Crippen LogP contribution in [0.1, 0.15) is 15.4 Å². The van der Waals surface area contributed by atoms with Crippen LogP contribution >= 0.6 is 11.3 Å². The van der Waals surface area contributed by atoms with Crippen molar-refractivity contribution in [2.24, 2.45) is 0 Å². The molecule has 1 aliphatic rings. The summed E-state index contributed by atoms with van der Waals surface area (Å²) in [6.45, 7) is 6.20. The van der Waals surface area contributed by atoms with Crippen LogP contribution in [-0.4, -0.2) is 53.5 Å². The smallest absolute Gasteiger partial charge is 0.261 e. The summed E-state index contributed by atoms with van der Waals surface area (Å²) in [5, 5.41) is 8.45. The maximum Gasteiger partial charge on any atom is 0.261 e. The molecule has 28 heavy (non-hydrogen) atoms. The molecule has 146 valence electrons. The Kier molecular flexibility index (Phi) is 5.68. The van der Waals surface area contributed by atoms with E-state index in [4.69, 9.17) is 4.74 Å². The SMILES string of the molecule is Cc1ccn(CCNC(=O)c2cc(-c3cccnc3)c(N3CCOCC3)s2)n1. The van der Waals surface area contributed by atoms with Gasteiger partial charge in [0.25, 0.3) is 5.91 Å². The van der Waals surface area contributed by atoms with Crippen molar-refractivity contribution in [1.82, 2.24) is 20.1 Å². The van der Waals surface area contributed by atoms with Gasteiger partial charge in [-0.25, -0.2) is 0 Å². The van der Waals surface area contributed by atoms with Gasteiger partial charge in [0.1, 0.15) is 0 Å². The van der Waals surface area contributed by atoms with Crippen molar-refractivity contribution in [3.8, 4) is 11.1 Å². The molecule has 1 aliphatic heterocycles. The summed E-state index contributed by atoms with van der Waals surface area (Å²) in [4.78, 5) is 20.0. The second kappa shape index (κ2) is 8.53. The first kappa shape index (κ1) is 18.6. The summed E-state index contributed by atoms with van der Waals surface area (Å²) in [5.41, 5.74) is 3.04. The number of hydrogen-bond acceptors (Lipinski definition) is 6. The minimum absolute atomic E-state index is 0.0569. The van der Waals surface area contributed by atoms with Crippen LogP contribution < -0.4 is 10.2 Å². The molecule has 1 fully saturated rings. The van der Waals surface area contributed by atoms with E-state index in [2.05, 4.69) is 20.3 Å². The number of aromatic nitrogens is 3. The Balaban J connectivity index is 1.51. The number of rotatable bonds is 6. The maximum absolute atomic E-state index is 12.7. The normalized spacial score (nSPS) is 14.2. The third kappa shape index (κ3) is 4.23. The number of pyridine rings is 1. The molecule has 0 saturated carbocycles. The lowest BCUT2D eigenvalue weighted by molar-refractivity contribution is 0.0956. The van der Waals surface area contributed by atoms with Crippen molar-refractivity contribution in [1.29, 1.82) is 0 Å². The maximum atomic E-state index is 12.7. The van der Waals surface area contributed by atoms with Crippen LogP contribution in [-0.2, 0) is 11.3 Å². The van der Waals surface area contributed by atoms with Crippen LogP contribution in [0.3, 0.4) is 0 Å². The highest BCUT2D eigenvalue weighted by molar-refractivity contribution is 7.18. The van der Waals surface area contributed by atoms with Crippen LogP contribution in [0.5, 0.6) is 0 Å². The minimum Gasteiger partial charge on any atom is -0.378 e. The lowest BCUT2D eigenvalue weighted by Gasteiger charge is -2.28. The van der Waals surface area contributed by atoms with E-state index in [9.17, 15) is 4.79 Å². The number of nitrogens with zero attached hydrogens (tertiary/aromatic N) is 4. The number of anilines is 1. The molecule has 0 unspecified atom stereocenters. The number of amides is 1. The molecule has 0 aliphatic carbocycles. The zero-order valence-electron chi connectivity index (χ0n) is 15.8. The largest absolute Gasteiger partial charge is 0.378 e. The number of aryl methyl sites for hydroxylation is 1. The zero-order chi connectivity index (χ0) is 19.3. The predicted octanol–water partition coefficient (Wildman–Crippen LogP) is 2.58. The van der Waals surface area contributed by atoms with Crippen molar-refractivity contribution >= 4 is 22.2 Å². The van der Waals surface area contributed by atoms with Crippen molar-refractivity contribution in [2.75, 3.05) is 37.7 Å². The van der Waals surface area contributed by atoms with E-state index in [0.717, 1.165) is 34.9 Å². The van der Waals surface area contributed by atoms with Gasteiger partial charge in [-0.15, -0.1) is 11.3 Å². The molecule has 0 atom stereocenters. The fourth-order valence-electron chi connectivity index (χ4n) is 3.18. The summed E-state index contributed by atoms with van der Waals surface area (Å²) >= 11 is 1.53. The quantitative estimate of drug-likeness (QED) is 0.692. The number of hydrogen-bond donors (Lipinski definition) is 1. The predicted molar refractivity (Wildman–Crippen MR) is 110 cm³/mol. The molecule has 8 heteroatoms. The number of thiophene rings is 1. The Morgan fingerprint density at radius 3 is 2.89 bits per heavy atom. The Bertz CT molecular complexity index is 931. The first-order valence-electron chi connectivity index (χ1n) is 9.36. The number of carbonyl (C=O) groups is 1. The molecule has 1 saturated heterocycles. The molecule has 0 radical (unpaired) electrons. The molecule has 0 spiro atoms. The van der Waals surface area contributed by atoms with Crippen LogP contribution in [0.4, 0.5) is 5.00 Å².